The third-order valence-electron chi connectivity index (χ3n) is 5.24. The van der Waals surface area contributed by atoms with Gasteiger partial charge < -0.3 is 19.3 Å². The van der Waals surface area contributed by atoms with Gasteiger partial charge in [-0.2, -0.15) is 0 Å². The molecule has 0 bridgehead atoms. The van der Waals surface area contributed by atoms with Gasteiger partial charge in [-0.15, -0.1) is 4.33 Å². The molecule has 0 atom stereocenters. The molecular formula is C21H34N4O5S. The monoisotopic (exact) mass is 454 g/mol. The Hall–Kier alpha value is -1.75. The van der Waals surface area contributed by atoms with Gasteiger partial charge in [0.1, 0.15) is 29.4 Å². The maximum Gasteiger partial charge on any atom is 0.410 e. The van der Waals surface area contributed by atoms with E-state index in [1.54, 1.807) is 11.1 Å². The highest BCUT2D eigenvalue weighted by molar-refractivity contribution is 7.92. The summed E-state index contributed by atoms with van der Waals surface area (Å²) in [6.45, 7) is 11.2. The first-order chi connectivity index (χ1) is 14.8. The van der Waals surface area contributed by atoms with Gasteiger partial charge >= 0.3 is 6.09 Å². The minimum Gasteiger partial charge on any atom is -0.492 e. The second-order valence-electron chi connectivity index (χ2n) is 8.80. The molecule has 0 aliphatic carbocycles. The molecule has 31 heavy (non-hydrogen) atoms. The van der Waals surface area contributed by atoms with E-state index >= 15 is 0 Å². The quantitative estimate of drug-likeness (QED) is 0.267. The number of likely N-dealkylation sites (tertiary alicyclic amines) is 1. The molecule has 0 radical (unpaired) electrons. The molecule has 0 unspecified atom stereocenters. The molecule has 0 spiro atoms. The van der Waals surface area contributed by atoms with Crippen molar-refractivity contribution >= 4 is 24.1 Å². The highest BCUT2D eigenvalue weighted by Gasteiger charge is 2.27. The Labute approximate surface area is 189 Å². The van der Waals surface area contributed by atoms with E-state index in [-0.39, 0.29) is 6.09 Å². The summed E-state index contributed by atoms with van der Waals surface area (Å²) in [6, 6.07) is 3.99. The smallest absolute Gasteiger partial charge is 0.410 e. The number of anilines is 1. The van der Waals surface area contributed by atoms with Crippen molar-refractivity contribution in [3.05, 3.63) is 18.3 Å². The van der Waals surface area contributed by atoms with Crippen LogP contribution in [0.5, 0.6) is 5.75 Å². The molecule has 1 aromatic heterocycles. The standard InChI is InChI=1S/C21H34N4O5S/c1-21(2,3)29-20(26)24-9-7-17(8-10-24)16-28-18-5-6-19(22-15-18)23-11-13-25(14-12-23)31-30-27-4/h5-6,15,17H,7-14,16H2,1-4H3. The molecule has 9 nitrogen and oxygen atoms in total. The number of nitrogens with zero attached hydrogens (tertiary/aromatic N) is 4. The Balaban J connectivity index is 1.37. The zero-order valence-electron chi connectivity index (χ0n) is 18.9. The van der Waals surface area contributed by atoms with Crippen molar-refractivity contribution in [1.29, 1.82) is 0 Å². The number of carbonyl (C=O) groups is 1. The number of amides is 1. The molecule has 0 N–H and O–H groups in total. The van der Waals surface area contributed by atoms with E-state index in [4.69, 9.17) is 13.8 Å². The summed E-state index contributed by atoms with van der Waals surface area (Å²) in [4.78, 5) is 25.4. The summed E-state index contributed by atoms with van der Waals surface area (Å²) >= 11 is 1.24. The fraction of sp³-hybridized carbons (Fsp3) is 0.714. The topological polar surface area (TPSA) is 76.6 Å². The van der Waals surface area contributed by atoms with Gasteiger partial charge in [-0.05, 0) is 51.7 Å². The van der Waals surface area contributed by atoms with Crippen LogP contribution in [0.3, 0.4) is 0 Å². The van der Waals surface area contributed by atoms with Gasteiger partial charge in [-0.3, -0.25) is 0 Å². The number of hydrogen-bond donors (Lipinski definition) is 0. The van der Waals surface area contributed by atoms with Gasteiger partial charge in [0.15, 0.2) is 0 Å². The number of ether oxygens (including phenoxy) is 2. The van der Waals surface area contributed by atoms with Crippen LogP contribution >= 0.6 is 12.2 Å². The number of carbonyl (C=O) groups excluding carboxylic acids is 1. The molecule has 3 rings (SSSR count). The average Bonchev–Trinajstić information content (AvgIpc) is 2.76. The van der Waals surface area contributed by atoms with Gasteiger partial charge in [0.25, 0.3) is 0 Å². The molecular weight excluding hydrogens is 420 g/mol. The first-order valence-corrected chi connectivity index (χ1v) is 11.5. The number of aromatic nitrogens is 1. The summed E-state index contributed by atoms with van der Waals surface area (Å²) in [5.41, 5.74) is -0.457. The first kappa shape index (κ1) is 23.9. The van der Waals surface area contributed by atoms with Gasteiger partial charge in [-0.1, -0.05) is 0 Å². The zero-order valence-corrected chi connectivity index (χ0v) is 19.7. The van der Waals surface area contributed by atoms with Crippen LogP contribution in [-0.4, -0.2) is 78.9 Å². The summed E-state index contributed by atoms with van der Waals surface area (Å²) in [5, 5.41) is 0. The molecule has 2 saturated heterocycles. The van der Waals surface area contributed by atoms with Crippen LogP contribution < -0.4 is 9.64 Å². The Morgan fingerprint density at radius 2 is 1.84 bits per heavy atom. The zero-order chi connectivity index (χ0) is 22.3. The predicted molar refractivity (Wildman–Crippen MR) is 120 cm³/mol. The van der Waals surface area contributed by atoms with Crippen LogP contribution in [-0.2, 0) is 14.0 Å². The van der Waals surface area contributed by atoms with Crippen LogP contribution in [0, 0.1) is 5.92 Å². The lowest BCUT2D eigenvalue weighted by Gasteiger charge is -2.33. The number of pyridine rings is 1. The van der Waals surface area contributed by atoms with Gasteiger partial charge in [0, 0.05) is 39.3 Å². The maximum atomic E-state index is 12.2. The normalized spacial score (nSPS) is 18.8. The lowest BCUT2D eigenvalue weighted by molar-refractivity contribution is -0.163. The second-order valence-corrected chi connectivity index (χ2v) is 9.60. The van der Waals surface area contributed by atoms with Crippen molar-refractivity contribution < 1.29 is 23.5 Å². The van der Waals surface area contributed by atoms with Crippen molar-refractivity contribution in [2.75, 3.05) is 57.9 Å². The summed E-state index contributed by atoms with van der Waals surface area (Å²) in [7, 11) is 1.50. The van der Waals surface area contributed by atoms with Crippen LogP contribution in [0.15, 0.2) is 18.3 Å². The van der Waals surface area contributed by atoms with Gasteiger partial charge in [-0.25, -0.2) is 19.0 Å². The Morgan fingerprint density at radius 3 is 2.42 bits per heavy atom. The van der Waals surface area contributed by atoms with E-state index in [0.29, 0.717) is 25.6 Å². The first-order valence-electron chi connectivity index (χ1n) is 10.8. The van der Waals surface area contributed by atoms with Crippen LogP contribution in [0.2, 0.25) is 0 Å². The lowest BCUT2D eigenvalue weighted by atomic mass is 9.98. The Bertz CT molecular complexity index is 684. The van der Waals surface area contributed by atoms with Crippen molar-refractivity contribution in [3.63, 3.8) is 0 Å². The second kappa shape index (κ2) is 11.2. The van der Waals surface area contributed by atoms with Gasteiger partial charge in [0.2, 0.25) is 0 Å². The largest absolute Gasteiger partial charge is 0.492 e. The highest BCUT2D eigenvalue weighted by atomic mass is 32.2. The van der Waals surface area contributed by atoms with Crippen molar-refractivity contribution in [2.24, 2.45) is 5.92 Å². The van der Waals surface area contributed by atoms with Crippen molar-refractivity contribution in [1.82, 2.24) is 14.2 Å². The van der Waals surface area contributed by atoms with Crippen molar-refractivity contribution in [2.45, 2.75) is 39.2 Å². The molecule has 3 heterocycles. The molecule has 2 aliphatic rings. The molecule has 174 valence electrons. The van der Waals surface area contributed by atoms with E-state index < -0.39 is 5.60 Å². The fourth-order valence-corrected chi connectivity index (χ4v) is 3.99. The van der Waals surface area contributed by atoms with E-state index in [0.717, 1.165) is 50.6 Å². The third kappa shape index (κ3) is 7.71. The molecule has 2 fully saturated rings. The van der Waals surface area contributed by atoms with Gasteiger partial charge in [0.05, 0.1) is 19.9 Å². The van der Waals surface area contributed by atoms with Crippen LogP contribution in [0.25, 0.3) is 0 Å². The van der Waals surface area contributed by atoms with E-state index in [2.05, 4.69) is 19.1 Å². The van der Waals surface area contributed by atoms with Crippen LogP contribution in [0.1, 0.15) is 33.6 Å². The SMILES string of the molecule is COOSN1CCN(c2ccc(OCC3CCN(C(=O)OC(C)(C)C)CC3)cn2)CC1. The third-order valence-corrected chi connectivity index (χ3v) is 6.01. The van der Waals surface area contributed by atoms with Crippen LogP contribution in [0.4, 0.5) is 10.6 Å². The van der Waals surface area contributed by atoms with Crippen molar-refractivity contribution in [3.8, 4) is 5.75 Å². The Kier molecular flexibility index (Phi) is 8.65. The number of hydrogen-bond acceptors (Lipinski definition) is 9. The minimum atomic E-state index is -0.457. The highest BCUT2D eigenvalue weighted by Crippen LogP contribution is 2.23. The molecule has 0 aromatic carbocycles. The number of piperazine rings is 1. The predicted octanol–water partition coefficient (Wildman–Crippen LogP) is 3.37. The average molecular weight is 455 g/mol. The summed E-state index contributed by atoms with van der Waals surface area (Å²) in [5.74, 6) is 2.16. The summed E-state index contributed by atoms with van der Waals surface area (Å²) < 4.78 is 18.4. The lowest BCUT2D eigenvalue weighted by Crippen LogP contribution is -2.43. The van der Waals surface area contributed by atoms with E-state index in [1.807, 2.05) is 32.9 Å². The van der Waals surface area contributed by atoms with E-state index in [9.17, 15) is 4.79 Å². The number of rotatable bonds is 7. The van der Waals surface area contributed by atoms with E-state index in [1.165, 1.54) is 19.3 Å². The maximum absolute atomic E-state index is 12.2. The summed E-state index contributed by atoms with van der Waals surface area (Å²) in [6.07, 6.45) is 3.40. The number of piperidine rings is 1. The molecule has 1 amide bonds. The molecule has 0 saturated carbocycles. The minimum absolute atomic E-state index is 0.225. The molecule has 2 aliphatic heterocycles. The molecule has 1 aromatic rings. The fourth-order valence-electron chi connectivity index (χ4n) is 3.53. The Morgan fingerprint density at radius 1 is 1.13 bits per heavy atom. The molecule has 10 heteroatoms.